The number of nitriles is 1. The molecule has 9 rings (SSSR count). The molecule has 16 nitrogen and oxygen atoms in total. The van der Waals surface area contributed by atoms with Crippen molar-refractivity contribution in [1.82, 2.24) is 34.9 Å². The number of aromatic nitrogens is 2. The number of ether oxygens (including phenoxy) is 2. The van der Waals surface area contributed by atoms with Crippen molar-refractivity contribution in [3.05, 3.63) is 105 Å². The van der Waals surface area contributed by atoms with Gasteiger partial charge in [-0.15, -0.1) is 11.6 Å². The van der Waals surface area contributed by atoms with Crippen LogP contribution in [-0.2, 0) is 21.6 Å². The first-order chi connectivity index (χ1) is 33.4. The molecule has 1 atom stereocenters. The Kier molecular flexibility index (Phi) is 14.7. The first-order valence-corrected chi connectivity index (χ1v) is 24.8. The Balaban J connectivity index is 0.693. The fourth-order valence-electron chi connectivity index (χ4n) is 10.2. The number of piperazine rings is 2. The van der Waals surface area contributed by atoms with Gasteiger partial charge in [-0.05, 0) is 78.8 Å². The summed E-state index contributed by atoms with van der Waals surface area (Å²) < 4.78 is 11.8. The number of nitrogens with zero attached hydrogens (tertiary/aromatic N) is 9. The second-order valence-electron chi connectivity index (χ2n) is 19.0. The largest absolute Gasteiger partial charge is 0.489 e. The lowest BCUT2D eigenvalue weighted by Gasteiger charge is -2.42. The van der Waals surface area contributed by atoms with Gasteiger partial charge in [-0.3, -0.25) is 39.2 Å². The Hall–Kier alpha value is -5.83. The van der Waals surface area contributed by atoms with E-state index in [9.17, 15) is 24.4 Å². The van der Waals surface area contributed by atoms with Crippen molar-refractivity contribution in [3.63, 3.8) is 0 Å². The SMILES string of the molecule is CC(C)(c1ccc(OCc2ccnc(N3CCN(CN4CCN(CC5CCN(c6cccc7c6C(=O)N(C6CCC(=O)NC6=O)C7=O)CC5)CC4)CC3)n2)cc1)c1cc(Cl)c(OCCCl)c(C#N)c1. The van der Waals surface area contributed by atoms with E-state index < -0.39 is 29.2 Å². The maximum Gasteiger partial charge on any atom is 0.264 e. The normalized spacial score (nSPS) is 20.0. The molecule has 4 aromatic rings. The van der Waals surface area contributed by atoms with Crippen LogP contribution in [0.25, 0.3) is 0 Å². The third kappa shape index (κ3) is 10.5. The summed E-state index contributed by atoms with van der Waals surface area (Å²) in [6.07, 6.45) is 4.02. The number of benzene rings is 3. The van der Waals surface area contributed by atoms with Crippen LogP contribution >= 0.6 is 23.2 Å². The molecular weight excluding hydrogens is 920 g/mol. The van der Waals surface area contributed by atoms with E-state index in [4.69, 9.17) is 37.7 Å². The number of imide groups is 2. The molecular formula is C51H58Cl2N10O6. The van der Waals surface area contributed by atoms with Crippen molar-refractivity contribution in [2.75, 3.05) is 101 Å². The van der Waals surface area contributed by atoms with Crippen LogP contribution in [0.15, 0.2) is 66.9 Å². The number of rotatable bonds is 15. The van der Waals surface area contributed by atoms with Crippen LogP contribution in [0.1, 0.15) is 82.6 Å². The number of fused-ring (bicyclic) bond motifs is 1. The summed E-state index contributed by atoms with van der Waals surface area (Å²) >= 11 is 12.4. The summed E-state index contributed by atoms with van der Waals surface area (Å²) in [5.41, 5.74) is 4.11. The highest BCUT2D eigenvalue weighted by Gasteiger charge is 2.46. The monoisotopic (exact) mass is 976 g/mol. The molecule has 4 saturated heterocycles. The molecule has 1 aromatic heterocycles. The van der Waals surface area contributed by atoms with E-state index >= 15 is 0 Å². The summed E-state index contributed by atoms with van der Waals surface area (Å²) in [7, 11) is 0. The Morgan fingerprint density at radius 2 is 1.52 bits per heavy atom. The number of anilines is 2. The number of carbonyl (C=O) groups is 4. The van der Waals surface area contributed by atoms with E-state index in [2.05, 4.69) is 54.7 Å². The number of nitrogens with one attached hydrogen (secondary N) is 1. The molecule has 18 heteroatoms. The molecule has 4 fully saturated rings. The number of amides is 4. The van der Waals surface area contributed by atoms with Gasteiger partial charge in [0.25, 0.3) is 11.8 Å². The topological polar surface area (TPSA) is 168 Å². The summed E-state index contributed by atoms with van der Waals surface area (Å²) in [6, 6.07) is 20.1. The van der Waals surface area contributed by atoms with Gasteiger partial charge in [-0.1, -0.05) is 43.6 Å². The Bertz CT molecular complexity index is 2600. The highest BCUT2D eigenvalue weighted by Crippen LogP contribution is 2.39. The molecule has 0 spiro atoms. The van der Waals surface area contributed by atoms with Crippen LogP contribution in [0, 0.1) is 17.2 Å². The van der Waals surface area contributed by atoms with Crippen LogP contribution in [0.2, 0.25) is 5.02 Å². The first-order valence-electron chi connectivity index (χ1n) is 23.9. The predicted octanol–water partition coefficient (Wildman–Crippen LogP) is 5.54. The molecule has 0 bridgehead atoms. The van der Waals surface area contributed by atoms with E-state index in [0.717, 1.165) is 131 Å². The highest BCUT2D eigenvalue weighted by atomic mass is 35.5. The quantitative estimate of drug-likeness (QED) is 0.117. The van der Waals surface area contributed by atoms with Gasteiger partial charge in [0.1, 0.15) is 31.1 Å². The van der Waals surface area contributed by atoms with Gasteiger partial charge in [0.15, 0.2) is 5.75 Å². The van der Waals surface area contributed by atoms with Gasteiger partial charge in [0, 0.05) is 90.0 Å². The van der Waals surface area contributed by atoms with E-state index in [0.29, 0.717) is 45.9 Å². The smallest absolute Gasteiger partial charge is 0.264 e. The molecule has 3 aromatic carbocycles. The van der Waals surface area contributed by atoms with Crippen LogP contribution in [0.3, 0.4) is 0 Å². The number of piperidine rings is 2. The minimum Gasteiger partial charge on any atom is -0.489 e. The van der Waals surface area contributed by atoms with Gasteiger partial charge in [-0.25, -0.2) is 9.97 Å². The average molecular weight is 978 g/mol. The summed E-state index contributed by atoms with van der Waals surface area (Å²) in [5.74, 6) is 0.731. The number of alkyl halides is 1. The maximum absolute atomic E-state index is 13.7. The van der Waals surface area contributed by atoms with Crippen LogP contribution in [-0.4, -0.2) is 150 Å². The molecule has 1 N–H and O–H groups in total. The molecule has 5 aliphatic rings. The number of hydrogen-bond acceptors (Lipinski definition) is 14. The molecule has 0 saturated carbocycles. The predicted molar refractivity (Wildman–Crippen MR) is 262 cm³/mol. The fraction of sp³-hybridized carbons (Fsp3) is 0.471. The highest BCUT2D eigenvalue weighted by molar-refractivity contribution is 6.32. The fourth-order valence-corrected chi connectivity index (χ4v) is 10.6. The molecule has 1 unspecified atom stereocenters. The Morgan fingerprint density at radius 3 is 2.22 bits per heavy atom. The van der Waals surface area contributed by atoms with Crippen molar-refractivity contribution < 1.29 is 28.7 Å². The second-order valence-corrected chi connectivity index (χ2v) is 19.8. The number of halogens is 2. The lowest BCUT2D eigenvalue weighted by atomic mass is 9.77. The van der Waals surface area contributed by atoms with E-state index in [-0.39, 0.29) is 25.4 Å². The molecule has 362 valence electrons. The van der Waals surface area contributed by atoms with Crippen molar-refractivity contribution in [2.24, 2.45) is 5.92 Å². The van der Waals surface area contributed by atoms with Crippen molar-refractivity contribution >= 4 is 58.5 Å². The maximum atomic E-state index is 13.7. The standard InChI is InChI=1S/C51H58Cl2N10O6/c1-51(2,37-28-35(30-54)46(41(53)29-37)68-27-15-52)36-6-8-39(9-7-36)69-32-38-12-16-55-50(56-38)62-25-23-60(24-26-62)33-59-21-19-58(20-22-59)31-34-13-17-61(18-14-34)42-5-3-4-40-45(42)49(67)63(48(40)66)43-10-11-44(64)57-47(43)65/h3-9,12,16,28-29,34,43H,10-11,13-15,17-27,31-33H2,1-2H3,(H,57,64,65). The van der Waals surface area contributed by atoms with E-state index in [1.54, 1.807) is 12.3 Å². The third-order valence-electron chi connectivity index (χ3n) is 14.3. The zero-order valence-electron chi connectivity index (χ0n) is 39.2. The van der Waals surface area contributed by atoms with Crippen LogP contribution < -0.4 is 24.6 Å². The van der Waals surface area contributed by atoms with Gasteiger partial charge in [-0.2, -0.15) is 5.26 Å². The van der Waals surface area contributed by atoms with Gasteiger partial charge >= 0.3 is 0 Å². The number of hydrogen-bond donors (Lipinski definition) is 1. The van der Waals surface area contributed by atoms with Gasteiger partial charge in [0.2, 0.25) is 17.8 Å². The molecule has 0 aliphatic carbocycles. The average Bonchev–Trinajstić information content (AvgIpc) is 3.62. The van der Waals surface area contributed by atoms with Crippen LogP contribution in [0.4, 0.5) is 11.6 Å². The zero-order chi connectivity index (χ0) is 48.2. The third-order valence-corrected chi connectivity index (χ3v) is 14.7. The molecule has 5 aliphatic heterocycles. The van der Waals surface area contributed by atoms with Crippen molar-refractivity contribution in [2.45, 2.75) is 57.6 Å². The second kappa shape index (κ2) is 21.0. The molecule has 4 amide bonds. The summed E-state index contributed by atoms with van der Waals surface area (Å²) in [4.78, 5) is 74.0. The Labute approximate surface area is 413 Å². The van der Waals surface area contributed by atoms with Crippen molar-refractivity contribution in [3.8, 4) is 17.6 Å². The first kappa shape index (κ1) is 48.2. The summed E-state index contributed by atoms with van der Waals surface area (Å²) in [6.45, 7) is 16.0. The Morgan fingerprint density at radius 1 is 0.812 bits per heavy atom. The zero-order valence-corrected chi connectivity index (χ0v) is 40.7. The lowest BCUT2D eigenvalue weighted by Crippen LogP contribution is -2.55. The summed E-state index contributed by atoms with van der Waals surface area (Å²) in [5, 5.41) is 12.4. The number of carbonyl (C=O) groups excluding carboxylic acids is 4. The minimum absolute atomic E-state index is 0.0958. The molecule has 0 radical (unpaired) electrons. The lowest BCUT2D eigenvalue weighted by molar-refractivity contribution is -0.136. The van der Waals surface area contributed by atoms with E-state index in [1.807, 2.05) is 54.6 Å². The van der Waals surface area contributed by atoms with Gasteiger partial charge in [0.05, 0.1) is 45.6 Å². The van der Waals surface area contributed by atoms with Crippen molar-refractivity contribution in [1.29, 1.82) is 5.26 Å². The minimum atomic E-state index is -0.974. The van der Waals surface area contributed by atoms with E-state index in [1.165, 1.54) is 0 Å². The van der Waals surface area contributed by atoms with Gasteiger partial charge < -0.3 is 24.2 Å². The molecule has 6 heterocycles. The van der Waals surface area contributed by atoms with Crippen LogP contribution in [0.5, 0.6) is 11.5 Å². The molecule has 69 heavy (non-hydrogen) atoms.